The monoisotopic (exact) mass is 287 g/mol. The Morgan fingerprint density at radius 2 is 1.90 bits per heavy atom. The van der Waals surface area contributed by atoms with Crippen molar-refractivity contribution in [2.45, 2.75) is 51.7 Å². The number of ether oxygens (including phenoxy) is 1. The highest BCUT2D eigenvalue weighted by Crippen LogP contribution is 2.26. The molecule has 1 aliphatic rings. The second-order valence-electron chi connectivity index (χ2n) is 5.57. The Morgan fingerprint density at radius 1 is 1.19 bits per heavy atom. The summed E-state index contributed by atoms with van der Waals surface area (Å²) < 4.78 is 11.4. The fraction of sp³-hybridized carbons (Fsp3) is 0.500. The molecule has 1 fully saturated rings. The summed E-state index contributed by atoms with van der Waals surface area (Å²) in [6.07, 6.45) is 5.31. The Bertz CT molecular complexity index is 573. The van der Waals surface area contributed by atoms with Gasteiger partial charge in [0.05, 0.1) is 6.10 Å². The van der Waals surface area contributed by atoms with Crippen LogP contribution in [0.15, 0.2) is 28.7 Å². The first-order chi connectivity index (χ1) is 10.2. The third-order valence-electron chi connectivity index (χ3n) is 3.75. The van der Waals surface area contributed by atoms with Gasteiger partial charge in [-0.25, -0.2) is 0 Å². The molecule has 1 aromatic carbocycles. The van der Waals surface area contributed by atoms with E-state index in [4.69, 9.17) is 9.15 Å². The van der Waals surface area contributed by atoms with E-state index in [-0.39, 0.29) is 6.04 Å². The van der Waals surface area contributed by atoms with Crippen molar-refractivity contribution in [3.8, 4) is 5.75 Å². The maximum Gasteiger partial charge on any atom is 0.238 e. The van der Waals surface area contributed by atoms with E-state index in [1.54, 1.807) is 6.92 Å². The molecule has 1 atom stereocenters. The lowest BCUT2D eigenvalue weighted by Crippen LogP contribution is -2.11. The van der Waals surface area contributed by atoms with Gasteiger partial charge in [0.2, 0.25) is 11.8 Å². The van der Waals surface area contributed by atoms with E-state index >= 15 is 0 Å². The van der Waals surface area contributed by atoms with E-state index in [0.29, 0.717) is 17.9 Å². The van der Waals surface area contributed by atoms with E-state index in [0.717, 1.165) is 11.4 Å². The van der Waals surface area contributed by atoms with Crippen molar-refractivity contribution in [3.05, 3.63) is 36.0 Å². The number of benzene rings is 1. The van der Waals surface area contributed by atoms with Gasteiger partial charge in [-0.05, 0) is 56.9 Å². The molecule has 0 radical (unpaired) electrons. The van der Waals surface area contributed by atoms with Gasteiger partial charge in [0.1, 0.15) is 11.8 Å². The van der Waals surface area contributed by atoms with E-state index in [1.807, 2.05) is 31.2 Å². The second-order valence-corrected chi connectivity index (χ2v) is 5.57. The van der Waals surface area contributed by atoms with Crippen LogP contribution in [0.3, 0.4) is 0 Å². The van der Waals surface area contributed by atoms with Crippen molar-refractivity contribution >= 4 is 5.69 Å². The predicted molar refractivity (Wildman–Crippen MR) is 80.4 cm³/mol. The van der Waals surface area contributed by atoms with Crippen LogP contribution in [0.2, 0.25) is 0 Å². The molecule has 0 bridgehead atoms. The summed E-state index contributed by atoms with van der Waals surface area (Å²) in [5, 5.41) is 11.2. The van der Waals surface area contributed by atoms with Crippen molar-refractivity contribution in [2.24, 2.45) is 0 Å². The fourth-order valence-electron chi connectivity index (χ4n) is 2.63. The van der Waals surface area contributed by atoms with Crippen LogP contribution in [0.25, 0.3) is 0 Å². The quantitative estimate of drug-likeness (QED) is 0.904. The van der Waals surface area contributed by atoms with Crippen molar-refractivity contribution in [1.82, 2.24) is 10.2 Å². The lowest BCUT2D eigenvalue weighted by Gasteiger charge is -2.15. The van der Waals surface area contributed by atoms with Crippen LogP contribution in [-0.4, -0.2) is 16.3 Å². The molecule has 0 aliphatic heterocycles. The summed E-state index contributed by atoms with van der Waals surface area (Å²) in [7, 11) is 0. The normalized spacial score (nSPS) is 16.9. The topological polar surface area (TPSA) is 60.2 Å². The molecule has 1 aliphatic carbocycles. The molecule has 1 heterocycles. The highest BCUT2D eigenvalue weighted by molar-refractivity contribution is 5.47. The summed E-state index contributed by atoms with van der Waals surface area (Å²) >= 11 is 0. The zero-order chi connectivity index (χ0) is 14.7. The van der Waals surface area contributed by atoms with Gasteiger partial charge in [0.15, 0.2) is 0 Å². The molecule has 0 spiro atoms. The van der Waals surface area contributed by atoms with Crippen LogP contribution in [0.4, 0.5) is 5.69 Å². The molecule has 0 unspecified atom stereocenters. The average Bonchev–Trinajstić information content (AvgIpc) is 3.12. The molecule has 1 aromatic heterocycles. The van der Waals surface area contributed by atoms with E-state index < -0.39 is 0 Å². The number of hydrogen-bond donors (Lipinski definition) is 1. The van der Waals surface area contributed by atoms with E-state index in [9.17, 15) is 0 Å². The summed E-state index contributed by atoms with van der Waals surface area (Å²) in [6.45, 7) is 3.79. The Kier molecular flexibility index (Phi) is 4.08. The first-order valence-electron chi connectivity index (χ1n) is 7.54. The van der Waals surface area contributed by atoms with Crippen LogP contribution < -0.4 is 10.1 Å². The number of aryl methyl sites for hydroxylation is 1. The standard InChI is InChI=1S/C16H21N3O2/c1-11(16-19-18-12(2)20-16)17-13-7-9-15(10-8-13)21-14-5-3-4-6-14/h7-11,14,17H,3-6H2,1-2H3/t11-/m1/s1. The second kappa shape index (κ2) is 6.16. The first-order valence-corrected chi connectivity index (χ1v) is 7.54. The molecule has 0 amide bonds. The summed E-state index contributed by atoms with van der Waals surface area (Å²) in [5.41, 5.74) is 1.01. The number of rotatable bonds is 5. The van der Waals surface area contributed by atoms with Gasteiger partial charge in [0, 0.05) is 12.6 Å². The molecular weight excluding hydrogens is 266 g/mol. The van der Waals surface area contributed by atoms with Crippen molar-refractivity contribution in [1.29, 1.82) is 0 Å². The molecule has 5 nitrogen and oxygen atoms in total. The number of hydrogen-bond acceptors (Lipinski definition) is 5. The molecule has 1 saturated carbocycles. The molecule has 0 saturated heterocycles. The van der Waals surface area contributed by atoms with Crippen LogP contribution in [0.1, 0.15) is 50.4 Å². The Morgan fingerprint density at radius 3 is 2.52 bits per heavy atom. The lowest BCUT2D eigenvalue weighted by atomic mass is 10.2. The number of nitrogens with one attached hydrogen (secondary N) is 1. The third kappa shape index (κ3) is 3.54. The predicted octanol–water partition coefficient (Wildman–Crippen LogP) is 3.87. The number of aromatic nitrogens is 2. The summed E-state index contributed by atoms with van der Waals surface area (Å²) in [4.78, 5) is 0. The third-order valence-corrected chi connectivity index (χ3v) is 3.75. The molecule has 5 heteroatoms. The Balaban J connectivity index is 1.58. The Hall–Kier alpha value is -2.04. The average molecular weight is 287 g/mol. The molecular formula is C16H21N3O2. The highest BCUT2D eigenvalue weighted by atomic mass is 16.5. The van der Waals surface area contributed by atoms with Crippen LogP contribution in [0.5, 0.6) is 5.75 Å². The smallest absolute Gasteiger partial charge is 0.238 e. The number of nitrogens with zero attached hydrogens (tertiary/aromatic N) is 2. The van der Waals surface area contributed by atoms with E-state index in [2.05, 4.69) is 15.5 Å². The summed E-state index contributed by atoms with van der Waals surface area (Å²) in [6, 6.07) is 8.03. The fourth-order valence-corrected chi connectivity index (χ4v) is 2.63. The largest absolute Gasteiger partial charge is 0.490 e. The van der Waals surface area contributed by atoms with E-state index in [1.165, 1.54) is 25.7 Å². The van der Waals surface area contributed by atoms with Crippen LogP contribution >= 0.6 is 0 Å². The Labute approximate surface area is 124 Å². The lowest BCUT2D eigenvalue weighted by molar-refractivity contribution is 0.210. The molecule has 1 N–H and O–H groups in total. The van der Waals surface area contributed by atoms with Gasteiger partial charge in [0.25, 0.3) is 0 Å². The van der Waals surface area contributed by atoms with Gasteiger partial charge in [-0.1, -0.05) is 0 Å². The zero-order valence-electron chi connectivity index (χ0n) is 12.5. The van der Waals surface area contributed by atoms with Crippen LogP contribution in [-0.2, 0) is 0 Å². The molecule has 112 valence electrons. The highest BCUT2D eigenvalue weighted by Gasteiger charge is 2.16. The minimum absolute atomic E-state index is 0.0206. The van der Waals surface area contributed by atoms with Crippen molar-refractivity contribution in [2.75, 3.05) is 5.32 Å². The first kappa shape index (κ1) is 13.9. The maximum absolute atomic E-state index is 5.95. The molecule has 3 rings (SSSR count). The van der Waals surface area contributed by atoms with Gasteiger partial charge >= 0.3 is 0 Å². The van der Waals surface area contributed by atoms with Crippen molar-refractivity contribution in [3.63, 3.8) is 0 Å². The zero-order valence-corrected chi connectivity index (χ0v) is 12.5. The van der Waals surface area contributed by atoms with Crippen LogP contribution in [0, 0.1) is 6.92 Å². The van der Waals surface area contributed by atoms with Gasteiger partial charge in [-0.15, -0.1) is 10.2 Å². The maximum atomic E-state index is 5.95. The number of anilines is 1. The minimum Gasteiger partial charge on any atom is -0.490 e. The molecule has 2 aromatic rings. The van der Waals surface area contributed by atoms with Gasteiger partial charge < -0.3 is 14.5 Å². The van der Waals surface area contributed by atoms with Gasteiger partial charge in [-0.3, -0.25) is 0 Å². The van der Waals surface area contributed by atoms with Crippen molar-refractivity contribution < 1.29 is 9.15 Å². The SMILES string of the molecule is Cc1nnc([C@@H](C)Nc2ccc(OC3CCCC3)cc2)o1. The summed E-state index contributed by atoms with van der Waals surface area (Å²) in [5.74, 6) is 2.12. The van der Waals surface area contributed by atoms with Gasteiger partial charge in [-0.2, -0.15) is 0 Å². The minimum atomic E-state index is -0.0206. The molecule has 21 heavy (non-hydrogen) atoms.